The Morgan fingerprint density at radius 3 is 2.64 bits per heavy atom. The summed E-state index contributed by atoms with van der Waals surface area (Å²) in [6.45, 7) is 1.05. The zero-order chi connectivity index (χ0) is 19.3. The van der Waals surface area contributed by atoms with Crippen molar-refractivity contribution in [1.29, 1.82) is 0 Å². The molecule has 3 rings (SSSR count). The quantitative estimate of drug-likeness (QED) is 0.231. The lowest BCUT2D eigenvalue weighted by Crippen LogP contribution is -2.47. The Kier molecular flexibility index (Phi) is 8.38. The number of aliphatic imine (C=N–C) groups is 1. The molecule has 1 heterocycles. The summed E-state index contributed by atoms with van der Waals surface area (Å²) in [5.74, 6) is 1.69. The van der Waals surface area contributed by atoms with E-state index in [1.165, 1.54) is 19.1 Å². The summed E-state index contributed by atoms with van der Waals surface area (Å²) in [5.41, 5.74) is 1.10. The number of ether oxygens (including phenoxy) is 1. The maximum atomic E-state index is 11.1. The van der Waals surface area contributed by atoms with Crippen LogP contribution in [0.3, 0.4) is 0 Å². The number of benzene rings is 1. The van der Waals surface area contributed by atoms with Crippen LogP contribution in [0.15, 0.2) is 29.3 Å². The largest absolute Gasteiger partial charge is 0.487 e. The predicted molar refractivity (Wildman–Crippen MR) is 123 cm³/mol. The van der Waals surface area contributed by atoms with Crippen LogP contribution in [0.25, 0.3) is 0 Å². The Balaban J connectivity index is 0.00000280. The van der Waals surface area contributed by atoms with E-state index in [4.69, 9.17) is 4.74 Å². The second kappa shape index (κ2) is 10.1. The van der Waals surface area contributed by atoms with Crippen LogP contribution in [-0.2, 0) is 10.0 Å². The molecule has 158 valence electrons. The fraction of sp³-hybridized carbons (Fsp3) is 0.632. The predicted octanol–water partition coefficient (Wildman–Crippen LogP) is 2.55. The van der Waals surface area contributed by atoms with Gasteiger partial charge in [0.15, 0.2) is 5.96 Å². The highest BCUT2D eigenvalue weighted by Crippen LogP contribution is 2.46. The molecule has 2 aliphatic rings. The van der Waals surface area contributed by atoms with Crippen molar-refractivity contribution in [2.45, 2.75) is 50.2 Å². The van der Waals surface area contributed by atoms with Crippen LogP contribution in [0.5, 0.6) is 5.75 Å². The van der Waals surface area contributed by atoms with Gasteiger partial charge in [-0.15, -0.1) is 24.0 Å². The summed E-state index contributed by atoms with van der Waals surface area (Å²) in [7, 11) is -1.39. The van der Waals surface area contributed by atoms with Crippen molar-refractivity contribution in [3.63, 3.8) is 0 Å². The molecule has 1 atom stereocenters. The lowest BCUT2D eigenvalue weighted by atomic mass is 9.86. The van der Waals surface area contributed by atoms with Gasteiger partial charge in [0, 0.05) is 32.1 Å². The van der Waals surface area contributed by atoms with Gasteiger partial charge in [-0.25, -0.2) is 13.1 Å². The topological polar surface area (TPSA) is 91.8 Å². The standard InChI is InChI=1S/C19H30N4O3S.HI/c1-20-18(21-12-7-13-22-27(2,24)25)23-16-14-19(10-5-6-11-19)26-17-9-4-3-8-15(16)17;/h3-4,8-9,16,22H,5-7,10-14H2,1-2H3,(H2,20,21,23);1H. The van der Waals surface area contributed by atoms with Crippen molar-refractivity contribution < 1.29 is 13.2 Å². The monoisotopic (exact) mass is 522 g/mol. The summed E-state index contributed by atoms with van der Waals surface area (Å²) < 4.78 is 31.1. The molecule has 0 radical (unpaired) electrons. The van der Waals surface area contributed by atoms with Crippen LogP contribution in [0, 0.1) is 0 Å². The summed E-state index contributed by atoms with van der Waals surface area (Å²) in [6, 6.07) is 8.37. The van der Waals surface area contributed by atoms with Crippen molar-refractivity contribution in [3.8, 4) is 5.75 Å². The fourth-order valence-electron chi connectivity index (χ4n) is 3.98. The van der Waals surface area contributed by atoms with E-state index in [1.54, 1.807) is 7.05 Å². The van der Waals surface area contributed by atoms with Gasteiger partial charge in [0.25, 0.3) is 0 Å². The molecule has 1 saturated carbocycles. The first kappa shape index (κ1) is 23.2. The molecule has 0 aromatic heterocycles. The lowest BCUT2D eigenvalue weighted by Gasteiger charge is -2.40. The first-order valence-corrected chi connectivity index (χ1v) is 11.5. The van der Waals surface area contributed by atoms with E-state index in [9.17, 15) is 8.42 Å². The molecule has 1 spiro atoms. The number of nitrogens with one attached hydrogen (secondary N) is 3. The van der Waals surface area contributed by atoms with Gasteiger partial charge >= 0.3 is 0 Å². The van der Waals surface area contributed by atoms with E-state index in [0.29, 0.717) is 19.5 Å². The van der Waals surface area contributed by atoms with Crippen LogP contribution < -0.4 is 20.1 Å². The number of hydrogen-bond donors (Lipinski definition) is 3. The molecule has 0 amide bonds. The van der Waals surface area contributed by atoms with Crippen molar-refractivity contribution in [2.75, 3.05) is 26.4 Å². The molecule has 7 nitrogen and oxygen atoms in total. The molecule has 0 bridgehead atoms. The van der Waals surface area contributed by atoms with Gasteiger partial charge in [-0.3, -0.25) is 4.99 Å². The molecule has 3 N–H and O–H groups in total. The number of para-hydroxylation sites is 1. The molecule has 1 fully saturated rings. The minimum absolute atomic E-state index is 0. The minimum atomic E-state index is -3.14. The van der Waals surface area contributed by atoms with Crippen LogP contribution in [0.2, 0.25) is 0 Å². The van der Waals surface area contributed by atoms with E-state index < -0.39 is 10.0 Å². The summed E-state index contributed by atoms with van der Waals surface area (Å²) >= 11 is 0. The number of halogens is 1. The smallest absolute Gasteiger partial charge is 0.208 e. The molecule has 1 aliphatic heterocycles. The molecule has 28 heavy (non-hydrogen) atoms. The van der Waals surface area contributed by atoms with Gasteiger partial charge in [0.2, 0.25) is 10.0 Å². The molecule has 0 saturated heterocycles. The minimum Gasteiger partial charge on any atom is -0.487 e. The van der Waals surface area contributed by atoms with Crippen molar-refractivity contribution >= 4 is 40.0 Å². The third kappa shape index (κ3) is 6.21. The van der Waals surface area contributed by atoms with Gasteiger partial charge in [-0.2, -0.15) is 0 Å². The molecular weight excluding hydrogens is 491 g/mol. The van der Waals surface area contributed by atoms with Gasteiger partial charge in [-0.1, -0.05) is 18.2 Å². The zero-order valence-corrected chi connectivity index (χ0v) is 19.7. The number of hydrogen-bond acceptors (Lipinski definition) is 4. The molecule has 1 aliphatic carbocycles. The van der Waals surface area contributed by atoms with Gasteiger partial charge in [-0.05, 0) is 38.2 Å². The first-order valence-electron chi connectivity index (χ1n) is 9.61. The molecule has 1 unspecified atom stereocenters. The number of nitrogens with zero attached hydrogens (tertiary/aromatic N) is 1. The highest BCUT2D eigenvalue weighted by molar-refractivity contribution is 14.0. The van der Waals surface area contributed by atoms with E-state index in [-0.39, 0.29) is 35.6 Å². The fourth-order valence-corrected chi connectivity index (χ4v) is 4.50. The van der Waals surface area contributed by atoms with Crippen molar-refractivity contribution in [2.24, 2.45) is 4.99 Å². The average Bonchev–Trinajstić information content (AvgIpc) is 3.06. The summed E-state index contributed by atoms with van der Waals surface area (Å²) in [4.78, 5) is 4.33. The van der Waals surface area contributed by atoms with E-state index in [2.05, 4.69) is 32.5 Å². The third-order valence-electron chi connectivity index (χ3n) is 5.26. The van der Waals surface area contributed by atoms with E-state index in [1.807, 2.05) is 12.1 Å². The first-order chi connectivity index (χ1) is 12.9. The second-order valence-electron chi connectivity index (χ2n) is 7.45. The highest BCUT2D eigenvalue weighted by Gasteiger charge is 2.43. The molecule has 1 aromatic carbocycles. The molecule has 1 aromatic rings. The molecular formula is C19H31IN4O3S. The normalized spacial score (nSPS) is 20.8. The Bertz CT molecular complexity index is 779. The maximum absolute atomic E-state index is 11.1. The van der Waals surface area contributed by atoms with Gasteiger partial charge < -0.3 is 15.4 Å². The number of sulfonamides is 1. The average molecular weight is 522 g/mol. The highest BCUT2D eigenvalue weighted by atomic mass is 127. The summed E-state index contributed by atoms with van der Waals surface area (Å²) in [6.07, 6.45) is 7.42. The SMILES string of the molecule is CN=C(NCCCNS(C)(=O)=O)NC1CC2(CCCC2)Oc2ccccc21.I. The van der Waals surface area contributed by atoms with Crippen molar-refractivity contribution in [3.05, 3.63) is 29.8 Å². The zero-order valence-electron chi connectivity index (χ0n) is 16.5. The van der Waals surface area contributed by atoms with E-state index in [0.717, 1.165) is 36.5 Å². The van der Waals surface area contributed by atoms with Crippen molar-refractivity contribution in [1.82, 2.24) is 15.4 Å². The third-order valence-corrected chi connectivity index (χ3v) is 5.99. The van der Waals surface area contributed by atoms with Crippen LogP contribution >= 0.6 is 24.0 Å². The van der Waals surface area contributed by atoms with Crippen LogP contribution in [-0.4, -0.2) is 46.4 Å². The Morgan fingerprint density at radius 2 is 1.96 bits per heavy atom. The Morgan fingerprint density at radius 1 is 1.25 bits per heavy atom. The van der Waals surface area contributed by atoms with E-state index >= 15 is 0 Å². The lowest BCUT2D eigenvalue weighted by molar-refractivity contribution is 0.0396. The Labute approximate surface area is 185 Å². The molecule has 9 heteroatoms. The number of rotatable bonds is 6. The van der Waals surface area contributed by atoms with Gasteiger partial charge in [0.1, 0.15) is 11.4 Å². The number of guanidine groups is 1. The van der Waals surface area contributed by atoms with Crippen LogP contribution in [0.4, 0.5) is 0 Å². The Hall–Kier alpha value is -1.07. The number of fused-ring (bicyclic) bond motifs is 1. The summed E-state index contributed by atoms with van der Waals surface area (Å²) in [5, 5.41) is 6.82. The maximum Gasteiger partial charge on any atom is 0.208 e. The van der Waals surface area contributed by atoms with Crippen LogP contribution in [0.1, 0.15) is 50.1 Å². The second-order valence-corrected chi connectivity index (χ2v) is 9.28. The van der Waals surface area contributed by atoms with Gasteiger partial charge in [0.05, 0.1) is 12.3 Å².